The predicted molar refractivity (Wildman–Crippen MR) is 70.2 cm³/mol. The van der Waals surface area contributed by atoms with Crippen LogP contribution in [0.25, 0.3) is 0 Å². The zero-order valence-corrected chi connectivity index (χ0v) is 12.3. The largest absolute Gasteiger partial charge is 0.455 e. The Bertz CT molecular complexity index is 546. The molecule has 21 heavy (non-hydrogen) atoms. The van der Waals surface area contributed by atoms with Gasteiger partial charge in [0.15, 0.2) is 11.7 Å². The summed E-state index contributed by atoms with van der Waals surface area (Å²) in [6.45, 7) is 6.70. The normalized spacial score (nSPS) is 22.4. The lowest BCUT2D eigenvalue weighted by Crippen LogP contribution is -2.37. The highest BCUT2D eigenvalue weighted by Gasteiger charge is 2.45. The summed E-state index contributed by atoms with van der Waals surface area (Å²) in [6.07, 6.45) is -4.55. The zero-order valence-electron chi connectivity index (χ0n) is 12.3. The van der Waals surface area contributed by atoms with Gasteiger partial charge >= 0.3 is 12.1 Å². The van der Waals surface area contributed by atoms with E-state index < -0.39 is 23.8 Å². The summed E-state index contributed by atoms with van der Waals surface area (Å²) in [4.78, 5) is 11.9. The van der Waals surface area contributed by atoms with Crippen molar-refractivity contribution < 1.29 is 22.7 Å². The number of ether oxygens (including phenoxy) is 1. The van der Waals surface area contributed by atoms with Crippen LogP contribution in [0.2, 0.25) is 0 Å². The van der Waals surface area contributed by atoms with Crippen LogP contribution in [0.3, 0.4) is 0 Å². The van der Waals surface area contributed by atoms with Gasteiger partial charge in [-0.1, -0.05) is 0 Å². The molecule has 2 heterocycles. The molecule has 2 atom stereocenters. The number of alkyl halides is 3. The highest BCUT2D eigenvalue weighted by atomic mass is 19.4. The van der Waals surface area contributed by atoms with Crippen molar-refractivity contribution >= 4 is 11.8 Å². The van der Waals surface area contributed by atoms with E-state index >= 15 is 0 Å². The molecule has 1 aromatic rings. The van der Waals surface area contributed by atoms with E-state index in [-0.39, 0.29) is 24.0 Å². The molecule has 0 fully saturated rings. The van der Waals surface area contributed by atoms with Crippen LogP contribution in [-0.4, -0.2) is 33.6 Å². The van der Waals surface area contributed by atoms with Gasteiger partial charge < -0.3 is 10.1 Å². The van der Waals surface area contributed by atoms with Crippen LogP contribution in [0.15, 0.2) is 6.07 Å². The number of aromatic nitrogens is 2. The van der Waals surface area contributed by atoms with Gasteiger partial charge in [0, 0.05) is 12.1 Å². The van der Waals surface area contributed by atoms with E-state index in [1.165, 1.54) is 6.07 Å². The van der Waals surface area contributed by atoms with E-state index in [0.717, 1.165) is 4.68 Å². The van der Waals surface area contributed by atoms with E-state index in [0.29, 0.717) is 0 Å². The summed E-state index contributed by atoms with van der Waals surface area (Å²) in [5, 5.41) is 6.67. The lowest BCUT2D eigenvalue weighted by atomic mass is 10.1. The fourth-order valence-corrected chi connectivity index (χ4v) is 2.19. The van der Waals surface area contributed by atoms with Gasteiger partial charge in [-0.3, -0.25) is 0 Å². The van der Waals surface area contributed by atoms with Gasteiger partial charge in [-0.2, -0.15) is 18.3 Å². The Hall–Kier alpha value is -1.73. The van der Waals surface area contributed by atoms with Crippen LogP contribution >= 0.6 is 0 Å². The van der Waals surface area contributed by atoms with Gasteiger partial charge in [-0.15, -0.1) is 0 Å². The average Bonchev–Trinajstić information content (AvgIpc) is 2.67. The molecule has 2 rings (SSSR count). The Morgan fingerprint density at radius 3 is 2.57 bits per heavy atom. The first-order valence-corrected chi connectivity index (χ1v) is 6.63. The van der Waals surface area contributed by atoms with Crippen molar-refractivity contribution in [2.45, 2.75) is 58.0 Å². The summed E-state index contributed by atoms with van der Waals surface area (Å²) in [5.74, 6) is -0.559. The topological polar surface area (TPSA) is 56.2 Å². The molecule has 1 aliphatic rings. The Kier molecular flexibility index (Phi) is 3.67. The van der Waals surface area contributed by atoms with Gasteiger partial charge in [0.05, 0.1) is 0 Å². The number of nitrogens with one attached hydrogen (secondary N) is 1. The number of carbonyl (C=O) groups excluding carboxylic acids is 1. The lowest BCUT2D eigenvalue weighted by Gasteiger charge is -2.31. The molecule has 0 saturated carbocycles. The molecule has 2 unspecified atom stereocenters. The smallest absolute Gasteiger partial charge is 0.410 e. The number of esters is 1. The third-order valence-electron chi connectivity index (χ3n) is 2.99. The minimum Gasteiger partial charge on any atom is -0.455 e. The van der Waals surface area contributed by atoms with Gasteiger partial charge in [-0.05, 0) is 34.1 Å². The molecule has 0 amide bonds. The molecular formula is C13H18F3N3O2. The second kappa shape index (κ2) is 4.92. The van der Waals surface area contributed by atoms with Crippen molar-refractivity contribution in [2.24, 2.45) is 0 Å². The van der Waals surface area contributed by atoms with Crippen LogP contribution in [0, 0.1) is 0 Å². The Labute approximate surface area is 120 Å². The van der Waals surface area contributed by atoms with Crippen molar-refractivity contribution in [3.63, 3.8) is 0 Å². The first-order valence-electron chi connectivity index (χ1n) is 6.63. The summed E-state index contributed by atoms with van der Waals surface area (Å²) in [7, 11) is 0. The minimum absolute atomic E-state index is 0.129. The minimum atomic E-state index is -4.41. The van der Waals surface area contributed by atoms with Gasteiger partial charge in [0.1, 0.15) is 11.4 Å². The SMILES string of the molecule is CC1CC(C(F)(F)F)n2nc(C(=O)OC(C)(C)C)cc2N1. The Morgan fingerprint density at radius 2 is 2.05 bits per heavy atom. The quantitative estimate of drug-likeness (QED) is 0.810. The monoisotopic (exact) mass is 305 g/mol. The van der Waals surface area contributed by atoms with Crippen LogP contribution in [-0.2, 0) is 4.74 Å². The second-order valence-corrected chi connectivity index (χ2v) is 6.20. The van der Waals surface area contributed by atoms with Crippen LogP contribution in [0.4, 0.5) is 19.0 Å². The highest BCUT2D eigenvalue weighted by molar-refractivity contribution is 5.88. The molecule has 1 aliphatic heterocycles. The second-order valence-electron chi connectivity index (χ2n) is 6.20. The maximum Gasteiger partial charge on any atom is 0.410 e. The molecule has 0 aliphatic carbocycles. The number of hydrogen-bond donors (Lipinski definition) is 1. The van der Waals surface area contributed by atoms with Crippen LogP contribution < -0.4 is 5.32 Å². The highest BCUT2D eigenvalue weighted by Crippen LogP contribution is 2.39. The van der Waals surface area contributed by atoms with E-state index in [1.807, 2.05) is 0 Å². The lowest BCUT2D eigenvalue weighted by molar-refractivity contribution is -0.173. The number of hydrogen-bond acceptors (Lipinski definition) is 4. The Morgan fingerprint density at radius 1 is 1.43 bits per heavy atom. The molecule has 0 spiro atoms. The number of halogens is 3. The number of carbonyl (C=O) groups is 1. The number of rotatable bonds is 1. The van der Waals surface area contributed by atoms with E-state index in [2.05, 4.69) is 10.4 Å². The van der Waals surface area contributed by atoms with Crippen molar-refractivity contribution in [1.82, 2.24) is 9.78 Å². The maximum atomic E-state index is 13.1. The average molecular weight is 305 g/mol. The fraction of sp³-hybridized carbons (Fsp3) is 0.692. The van der Waals surface area contributed by atoms with Gasteiger partial charge in [-0.25, -0.2) is 9.48 Å². The standard InChI is InChI=1S/C13H18F3N3O2/c1-7-5-9(13(14,15)16)19-10(17-7)6-8(18-19)11(20)21-12(2,3)4/h6-7,9,17H,5H2,1-4H3. The van der Waals surface area contributed by atoms with Crippen molar-refractivity contribution in [3.8, 4) is 0 Å². The predicted octanol–water partition coefficient (Wildman–Crippen LogP) is 3.15. The fourth-order valence-electron chi connectivity index (χ4n) is 2.19. The van der Waals surface area contributed by atoms with Crippen LogP contribution in [0.5, 0.6) is 0 Å². The van der Waals surface area contributed by atoms with Gasteiger partial charge in [0.25, 0.3) is 0 Å². The third-order valence-corrected chi connectivity index (χ3v) is 2.99. The molecule has 0 aromatic carbocycles. The van der Waals surface area contributed by atoms with Crippen LogP contribution in [0.1, 0.15) is 50.6 Å². The molecule has 5 nitrogen and oxygen atoms in total. The molecule has 1 N–H and O–H groups in total. The van der Waals surface area contributed by atoms with Crippen molar-refractivity contribution in [1.29, 1.82) is 0 Å². The summed E-state index contributed by atoms with van der Waals surface area (Å²) in [6, 6.07) is -0.796. The molecule has 0 bridgehead atoms. The molecule has 1 aromatic heterocycles. The number of anilines is 1. The molecule has 8 heteroatoms. The first-order chi connectivity index (χ1) is 9.47. The summed E-state index contributed by atoms with van der Waals surface area (Å²) < 4.78 is 45.2. The molecule has 0 saturated heterocycles. The van der Waals surface area contributed by atoms with E-state index in [9.17, 15) is 18.0 Å². The zero-order chi connectivity index (χ0) is 16.0. The maximum absolute atomic E-state index is 13.1. The van der Waals surface area contributed by atoms with Crippen molar-refractivity contribution in [3.05, 3.63) is 11.8 Å². The van der Waals surface area contributed by atoms with E-state index in [1.54, 1.807) is 27.7 Å². The molecular weight excluding hydrogens is 287 g/mol. The van der Waals surface area contributed by atoms with E-state index in [4.69, 9.17) is 4.74 Å². The Balaban J connectivity index is 2.33. The molecule has 0 radical (unpaired) electrons. The first kappa shape index (κ1) is 15.7. The summed E-state index contributed by atoms with van der Waals surface area (Å²) in [5.41, 5.74) is -0.860. The van der Waals surface area contributed by atoms with Gasteiger partial charge in [0.2, 0.25) is 0 Å². The number of nitrogens with zero attached hydrogens (tertiary/aromatic N) is 2. The van der Waals surface area contributed by atoms with Crippen molar-refractivity contribution in [2.75, 3.05) is 5.32 Å². The summed E-state index contributed by atoms with van der Waals surface area (Å²) >= 11 is 0. The third kappa shape index (κ3) is 3.48. The molecule has 118 valence electrons. The number of fused-ring (bicyclic) bond motifs is 1.